The number of thiophene rings is 1. The Kier molecular flexibility index (Phi) is 11.5. The van der Waals surface area contributed by atoms with Crippen LogP contribution in [-0.2, 0) is 0 Å². The SMILES string of the molecule is c1ccc([Si](c2ccccc2)(c2cccc(-c3nccc4c3sc3ccccc34)c2)c2ccc3c4ccc([Si](c5ccccc5)(c5ccccc5)c5cccc(-n6c7ccccc7c7ccccc76)c5)cc4c4ccccc4c3c2)cc1. The third-order valence-corrected chi connectivity index (χ3v) is 28.2. The molecule has 0 fully saturated rings. The fourth-order valence-electron chi connectivity index (χ4n) is 14.0. The van der Waals surface area contributed by atoms with E-state index in [-0.39, 0.29) is 0 Å². The van der Waals surface area contributed by atoms with E-state index in [1.54, 1.807) is 0 Å². The van der Waals surface area contributed by atoms with Crippen molar-refractivity contribution in [3.8, 4) is 16.9 Å². The molecule has 0 saturated carbocycles. The van der Waals surface area contributed by atoms with Crippen LogP contribution in [-0.4, -0.2) is 25.7 Å². The van der Waals surface area contributed by atoms with E-state index < -0.39 is 16.1 Å². The molecule has 16 rings (SSSR count). The Morgan fingerprint density at radius 3 is 1.20 bits per heavy atom. The van der Waals surface area contributed by atoms with Gasteiger partial charge >= 0.3 is 0 Å². The van der Waals surface area contributed by atoms with Gasteiger partial charge in [-0.25, -0.2) is 0 Å². The smallest absolute Gasteiger partial charge is 0.179 e. The number of pyridine rings is 1. The van der Waals surface area contributed by atoms with Crippen LogP contribution in [0, 0.1) is 0 Å². The average molecular weight is 1090 g/mol. The first-order valence-electron chi connectivity index (χ1n) is 28.3. The van der Waals surface area contributed by atoms with Crippen LogP contribution in [0.25, 0.3) is 91.2 Å². The quantitative estimate of drug-likeness (QED) is 0.0758. The fourth-order valence-corrected chi connectivity index (χ4v) is 24.8. The van der Waals surface area contributed by atoms with Crippen molar-refractivity contribution in [1.82, 2.24) is 9.55 Å². The summed E-state index contributed by atoms with van der Waals surface area (Å²) < 4.78 is 4.97. The summed E-state index contributed by atoms with van der Waals surface area (Å²) >= 11 is 1.84. The number of aromatic nitrogens is 2. The Labute approximate surface area is 482 Å². The molecule has 0 spiro atoms. The van der Waals surface area contributed by atoms with Gasteiger partial charge in [0, 0.05) is 43.7 Å². The summed E-state index contributed by atoms with van der Waals surface area (Å²) in [6.45, 7) is 0. The zero-order valence-corrected chi connectivity index (χ0v) is 47.6. The highest BCUT2D eigenvalue weighted by atomic mass is 32.1. The van der Waals surface area contributed by atoms with Crippen molar-refractivity contribution in [3.63, 3.8) is 0 Å². The molecule has 0 amide bonds. The molecule has 5 heteroatoms. The summed E-state index contributed by atoms with van der Waals surface area (Å²) in [5.74, 6) is 0. The molecule has 2 nitrogen and oxygen atoms in total. The second kappa shape index (κ2) is 19.5. The lowest BCUT2D eigenvalue weighted by Crippen LogP contribution is -2.74. The minimum atomic E-state index is -3.06. The molecular weight excluding hydrogens is 1040 g/mol. The molecular formula is C77H52N2SSi2. The van der Waals surface area contributed by atoms with Crippen molar-refractivity contribution in [3.05, 3.63) is 316 Å². The highest BCUT2D eigenvalue weighted by Gasteiger charge is 2.44. The van der Waals surface area contributed by atoms with Crippen LogP contribution in [0.3, 0.4) is 0 Å². The van der Waals surface area contributed by atoms with Gasteiger partial charge in [-0.05, 0) is 110 Å². The van der Waals surface area contributed by atoms with Crippen LogP contribution in [0.1, 0.15) is 0 Å². The summed E-state index contributed by atoms with van der Waals surface area (Å²) in [6, 6.07) is 117. The van der Waals surface area contributed by atoms with Gasteiger partial charge in [-0.15, -0.1) is 11.3 Å². The van der Waals surface area contributed by atoms with Crippen LogP contribution in [0.2, 0.25) is 0 Å². The van der Waals surface area contributed by atoms with Crippen LogP contribution >= 0.6 is 11.3 Å². The van der Waals surface area contributed by atoms with Gasteiger partial charge in [0.05, 0.1) is 21.4 Å². The van der Waals surface area contributed by atoms with Gasteiger partial charge in [-0.2, -0.15) is 0 Å². The number of para-hydroxylation sites is 2. The lowest BCUT2D eigenvalue weighted by atomic mass is 9.94. The fraction of sp³-hybridized carbons (Fsp3) is 0. The van der Waals surface area contributed by atoms with E-state index in [1.807, 2.05) is 17.5 Å². The van der Waals surface area contributed by atoms with E-state index in [9.17, 15) is 0 Å². The highest BCUT2D eigenvalue weighted by Crippen LogP contribution is 2.40. The molecule has 0 atom stereocenters. The minimum Gasteiger partial charge on any atom is -0.309 e. The maximum atomic E-state index is 5.15. The van der Waals surface area contributed by atoms with Gasteiger partial charge < -0.3 is 4.57 Å². The zero-order chi connectivity index (χ0) is 54.2. The summed E-state index contributed by atoms with van der Waals surface area (Å²) in [7, 11) is -6.12. The van der Waals surface area contributed by atoms with Crippen molar-refractivity contribution < 1.29 is 0 Å². The third kappa shape index (κ3) is 7.34. The molecule has 0 aliphatic carbocycles. The maximum Gasteiger partial charge on any atom is 0.179 e. The molecule has 13 aromatic carbocycles. The number of hydrogen-bond donors (Lipinski definition) is 0. The maximum absolute atomic E-state index is 5.15. The number of fused-ring (bicyclic) bond motifs is 12. The first-order valence-corrected chi connectivity index (χ1v) is 33.1. The molecule has 16 aromatic rings. The zero-order valence-electron chi connectivity index (χ0n) is 44.8. The minimum absolute atomic E-state index is 1.03. The first kappa shape index (κ1) is 48.2. The molecule has 3 aromatic heterocycles. The summed E-state index contributed by atoms with van der Waals surface area (Å²) in [5, 5.41) is 23.3. The largest absolute Gasteiger partial charge is 0.309 e. The molecule has 0 saturated heterocycles. The summed E-state index contributed by atoms with van der Waals surface area (Å²) in [6.07, 6.45) is 1.99. The van der Waals surface area contributed by atoms with Gasteiger partial charge in [0.15, 0.2) is 16.1 Å². The van der Waals surface area contributed by atoms with Crippen LogP contribution < -0.4 is 41.5 Å². The monoisotopic (exact) mass is 1090 g/mol. The van der Waals surface area contributed by atoms with Crippen LogP contribution in [0.4, 0.5) is 0 Å². The van der Waals surface area contributed by atoms with E-state index in [0.29, 0.717) is 0 Å². The van der Waals surface area contributed by atoms with Crippen molar-refractivity contribution >= 4 is 143 Å². The molecule has 82 heavy (non-hydrogen) atoms. The molecule has 0 aliphatic rings. The van der Waals surface area contributed by atoms with Gasteiger partial charge in [0.25, 0.3) is 0 Å². The molecule has 3 heterocycles. The predicted molar refractivity (Wildman–Crippen MR) is 357 cm³/mol. The Morgan fingerprint density at radius 2 is 0.671 bits per heavy atom. The van der Waals surface area contributed by atoms with Crippen molar-refractivity contribution in [1.29, 1.82) is 0 Å². The standard InChI is InChI=1S/C77H52N2SSi2/c1-5-25-55(26-6-1)81(56-27-7-2-8-28-56,59-33-21-23-53(49-59)76-77-70(47-48-78-76)69-39-17-20-42-75(69)80-77)61-43-45-65-66-46-44-62(52-72(66)64-36-14-13-35-63(64)71(65)51-61)82(57-29-9-3-10-30-57,58-31-11-4-12-32-58)60-34-22-24-54(50-60)79-73-40-18-15-37-67(73)68-38-16-19-41-74(68)79/h1-52H. The number of hydrogen-bond acceptors (Lipinski definition) is 2. The Morgan fingerprint density at radius 1 is 0.268 bits per heavy atom. The predicted octanol–water partition coefficient (Wildman–Crippen LogP) is 14.4. The van der Waals surface area contributed by atoms with Crippen molar-refractivity contribution in [2.45, 2.75) is 0 Å². The highest BCUT2D eigenvalue weighted by molar-refractivity contribution is 7.26. The summed E-state index contributed by atoms with van der Waals surface area (Å²) in [5.41, 5.74) is 5.74. The third-order valence-electron chi connectivity index (χ3n) is 17.5. The lowest BCUT2D eigenvalue weighted by Gasteiger charge is -2.35. The Hall–Kier alpha value is -9.76. The Balaban J connectivity index is 0.935. The lowest BCUT2D eigenvalue weighted by molar-refractivity contribution is 1.18. The van der Waals surface area contributed by atoms with Gasteiger partial charge in [0.2, 0.25) is 0 Å². The van der Waals surface area contributed by atoms with Gasteiger partial charge in [-0.3, -0.25) is 4.98 Å². The number of benzene rings is 13. The van der Waals surface area contributed by atoms with E-state index >= 15 is 0 Å². The first-order chi connectivity index (χ1) is 40.7. The van der Waals surface area contributed by atoms with Crippen molar-refractivity contribution in [2.75, 3.05) is 0 Å². The molecule has 0 unspecified atom stereocenters. The molecule has 0 radical (unpaired) electrons. The van der Waals surface area contributed by atoms with E-state index in [0.717, 1.165) is 16.9 Å². The second-order valence-corrected chi connectivity index (χ2v) is 30.3. The molecule has 0 aliphatic heterocycles. The van der Waals surface area contributed by atoms with E-state index in [4.69, 9.17) is 4.98 Å². The second-order valence-electron chi connectivity index (χ2n) is 21.7. The van der Waals surface area contributed by atoms with Gasteiger partial charge in [0.1, 0.15) is 0 Å². The van der Waals surface area contributed by atoms with E-state index in [1.165, 1.54) is 116 Å². The number of rotatable bonds is 10. The normalized spacial score (nSPS) is 12.1. The summed E-state index contributed by atoms with van der Waals surface area (Å²) in [4.78, 5) is 5.15. The Bertz CT molecular complexity index is 4960. The van der Waals surface area contributed by atoms with Crippen LogP contribution in [0.15, 0.2) is 316 Å². The average Bonchev–Trinajstić information content (AvgIpc) is 3.35. The molecule has 0 bridgehead atoms. The molecule has 384 valence electrons. The van der Waals surface area contributed by atoms with Crippen LogP contribution in [0.5, 0.6) is 0 Å². The van der Waals surface area contributed by atoms with E-state index in [2.05, 4.69) is 314 Å². The topological polar surface area (TPSA) is 17.8 Å². The van der Waals surface area contributed by atoms with Crippen molar-refractivity contribution in [2.24, 2.45) is 0 Å². The molecule has 0 N–H and O–H groups in total. The van der Waals surface area contributed by atoms with Gasteiger partial charge in [-0.1, -0.05) is 273 Å². The number of nitrogens with zero attached hydrogens (tertiary/aromatic N) is 2.